The topological polar surface area (TPSA) is 65.8 Å². The van der Waals surface area contributed by atoms with E-state index in [4.69, 9.17) is 5.11 Å². The van der Waals surface area contributed by atoms with Gasteiger partial charge < -0.3 is 10.0 Å². The van der Waals surface area contributed by atoms with Crippen molar-refractivity contribution >= 4 is 30.3 Å². The van der Waals surface area contributed by atoms with Crippen LogP contribution in [-0.2, 0) is 0 Å². The van der Waals surface area contributed by atoms with E-state index in [0.717, 1.165) is 18.5 Å². The summed E-state index contributed by atoms with van der Waals surface area (Å²) in [5.74, 6) is -0.226. The molecule has 6 heteroatoms. The van der Waals surface area contributed by atoms with Crippen LogP contribution in [0.4, 0.5) is 5.82 Å². The molecule has 3 aliphatic rings. The number of aromatic nitrogens is 1. The number of nitrogens with zero attached hydrogens (tertiary/aromatic N) is 3. The minimum atomic E-state index is -0.926. The smallest absolute Gasteiger partial charge is 0.337 e. The first-order chi connectivity index (χ1) is 9.22. The molecule has 0 saturated heterocycles. The van der Waals surface area contributed by atoms with Crippen LogP contribution in [0.25, 0.3) is 0 Å². The predicted molar refractivity (Wildman–Crippen MR) is 73.0 cm³/mol. The van der Waals surface area contributed by atoms with Crippen molar-refractivity contribution in [3.8, 4) is 0 Å². The van der Waals surface area contributed by atoms with Gasteiger partial charge >= 0.3 is 5.97 Å². The Bertz CT molecular complexity index is 582. The predicted octanol–water partition coefficient (Wildman–Crippen LogP) is 0.469. The van der Waals surface area contributed by atoms with Gasteiger partial charge in [0.2, 0.25) is 7.28 Å². The lowest BCUT2D eigenvalue weighted by Crippen LogP contribution is -2.39. The Morgan fingerprint density at radius 1 is 1.32 bits per heavy atom. The van der Waals surface area contributed by atoms with Gasteiger partial charge in [-0.1, -0.05) is 0 Å². The van der Waals surface area contributed by atoms with Crippen LogP contribution in [0.2, 0.25) is 0 Å². The molecule has 0 spiro atoms. The molecule has 2 aliphatic carbocycles. The molecule has 96 valence electrons. The number of hydrogen-bond acceptors (Lipinski definition) is 4. The van der Waals surface area contributed by atoms with Crippen LogP contribution in [0.3, 0.4) is 0 Å². The highest BCUT2D eigenvalue weighted by Crippen LogP contribution is 2.38. The summed E-state index contributed by atoms with van der Waals surface area (Å²) in [6.45, 7) is 0. The van der Waals surface area contributed by atoms with Crippen LogP contribution in [0, 0.1) is 0 Å². The largest absolute Gasteiger partial charge is 0.478 e. The number of aliphatic imine (C=N–C) groups is 1. The van der Waals surface area contributed by atoms with E-state index in [1.165, 1.54) is 31.9 Å². The molecule has 0 atom stereocenters. The number of aromatic carboxylic acids is 1. The van der Waals surface area contributed by atoms with E-state index < -0.39 is 5.97 Å². The average molecular weight is 255 g/mol. The third kappa shape index (κ3) is 1.91. The number of rotatable bonds is 3. The Morgan fingerprint density at radius 2 is 2.00 bits per heavy atom. The average Bonchev–Trinajstić information content (AvgIpc) is 3.28. The molecular weight excluding hydrogens is 241 g/mol. The fraction of sp³-hybridized carbons (Fsp3) is 0.462. The lowest BCUT2D eigenvalue weighted by Gasteiger charge is -2.24. The second-order valence-corrected chi connectivity index (χ2v) is 5.59. The van der Waals surface area contributed by atoms with E-state index in [0.29, 0.717) is 17.9 Å². The van der Waals surface area contributed by atoms with Crippen LogP contribution < -0.4 is 5.46 Å². The second kappa shape index (κ2) is 3.82. The first-order valence-corrected chi connectivity index (χ1v) is 6.80. The van der Waals surface area contributed by atoms with Gasteiger partial charge in [-0.3, -0.25) is 0 Å². The lowest BCUT2D eigenvalue weighted by atomic mass is 9.70. The Kier molecular flexibility index (Phi) is 2.22. The molecule has 0 amide bonds. The highest BCUT2D eigenvalue weighted by Gasteiger charge is 2.42. The summed E-state index contributed by atoms with van der Waals surface area (Å²) in [6.07, 6.45) is 6.45. The molecular formula is C13H14BN3O2. The SMILES string of the molecule is O=C(O)c1cnc2c(c1)BC(N(C1CC1)C1CC1)=N2. The summed E-state index contributed by atoms with van der Waals surface area (Å²) in [6, 6.07) is 3.04. The maximum atomic E-state index is 11.0. The summed E-state index contributed by atoms with van der Waals surface area (Å²) in [4.78, 5) is 22.2. The van der Waals surface area contributed by atoms with Crippen molar-refractivity contribution in [2.45, 2.75) is 37.8 Å². The van der Waals surface area contributed by atoms with Crippen LogP contribution in [0.5, 0.6) is 0 Å². The molecule has 1 N–H and O–H groups in total. The minimum absolute atomic E-state index is 0.250. The van der Waals surface area contributed by atoms with Crippen molar-refractivity contribution in [3.63, 3.8) is 0 Å². The van der Waals surface area contributed by atoms with Gasteiger partial charge in [0.15, 0.2) is 0 Å². The standard InChI is InChI=1S/C13H14BN3O2/c18-12(19)7-5-10-11(15-6-7)16-13(14-10)17(8-1-2-8)9-3-4-9/h5-6,8-9,14H,1-4H2,(H,18,19). The van der Waals surface area contributed by atoms with Crippen LogP contribution in [0.15, 0.2) is 17.3 Å². The number of fused-ring (bicyclic) bond motifs is 1. The molecule has 4 rings (SSSR count). The third-order valence-corrected chi connectivity index (χ3v) is 3.95. The summed E-state index contributed by atoms with van der Waals surface area (Å²) in [5.41, 5.74) is 2.29. The Hall–Kier alpha value is -1.85. The van der Waals surface area contributed by atoms with E-state index >= 15 is 0 Å². The monoisotopic (exact) mass is 255 g/mol. The first-order valence-electron chi connectivity index (χ1n) is 6.80. The van der Waals surface area contributed by atoms with Crippen LogP contribution in [-0.4, -0.2) is 46.1 Å². The lowest BCUT2D eigenvalue weighted by molar-refractivity contribution is 0.0696. The fourth-order valence-electron chi connectivity index (χ4n) is 2.76. The van der Waals surface area contributed by atoms with E-state index in [-0.39, 0.29) is 5.56 Å². The van der Waals surface area contributed by atoms with Crippen molar-refractivity contribution < 1.29 is 9.90 Å². The zero-order chi connectivity index (χ0) is 13.0. The van der Waals surface area contributed by atoms with Gasteiger partial charge in [-0.05, 0) is 37.2 Å². The molecule has 0 unspecified atom stereocenters. The van der Waals surface area contributed by atoms with E-state index in [2.05, 4.69) is 14.9 Å². The van der Waals surface area contributed by atoms with E-state index in [1.807, 2.05) is 0 Å². The van der Waals surface area contributed by atoms with Crippen molar-refractivity contribution in [2.75, 3.05) is 0 Å². The minimum Gasteiger partial charge on any atom is -0.478 e. The summed E-state index contributed by atoms with van der Waals surface area (Å²) in [5, 5.41) is 9.00. The van der Waals surface area contributed by atoms with Gasteiger partial charge in [-0.15, -0.1) is 0 Å². The maximum Gasteiger partial charge on any atom is 0.337 e. The summed E-state index contributed by atoms with van der Waals surface area (Å²) < 4.78 is 0. The molecule has 1 aromatic rings. The normalized spacial score (nSPS) is 20.5. The molecule has 5 nitrogen and oxygen atoms in total. The van der Waals surface area contributed by atoms with Gasteiger partial charge in [0.05, 0.1) is 11.3 Å². The Balaban J connectivity index is 1.62. The number of amidine groups is 1. The van der Waals surface area contributed by atoms with Crippen molar-refractivity contribution in [2.24, 2.45) is 4.99 Å². The zero-order valence-corrected chi connectivity index (χ0v) is 10.5. The molecule has 1 aliphatic heterocycles. The van der Waals surface area contributed by atoms with Gasteiger partial charge in [-0.25, -0.2) is 14.8 Å². The molecule has 0 aromatic carbocycles. The van der Waals surface area contributed by atoms with Gasteiger partial charge in [0, 0.05) is 18.3 Å². The molecule has 2 fully saturated rings. The highest BCUT2D eigenvalue weighted by molar-refractivity contribution is 6.87. The number of carboxylic acid groups (broad SMARTS) is 1. The molecule has 1 aromatic heterocycles. The first kappa shape index (κ1) is 11.0. The molecule has 2 saturated carbocycles. The van der Waals surface area contributed by atoms with E-state index in [1.54, 1.807) is 6.07 Å². The van der Waals surface area contributed by atoms with Crippen LogP contribution in [0.1, 0.15) is 36.0 Å². The van der Waals surface area contributed by atoms with Gasteiger partial charge in [-0.2, -0.15) is 0 Å². The number of carbonyl (C=O) groups is 1. The second-order valence-electron chi connectivity index (χ2n) is 5.59. The quantitative estimate of drug-likeness (QED) is 0.797. The third-order valence-electron chi connectivity index (χ3n) is 3.95. The fourth-order valence-corrected chi connectivity index (χ4v) is 2.76. The Morgan fingerprint density at radius 3 is 2.58 bits per heavy atom. The van der Waals surface area contributed by atoms with E-state index in [9.17, 15) is 4.79 Å². The van der Waals surface area contributed by atoms with Crippen molar-refractivity contribution in [1.29, 1.82) is 0 Å². The van der Waals surface area contributed by atoms with Crippen LogP contribution >= 0.6 is 0 Å². The molecule has 0 radical (unpaired) electrons. The highest BCUT2D eigenvalue weighted by atomic mass is 16.4. The summed E-state index contributed by atoms with van der Waals surface area (Å²) >= 11 is 0. The molecule has 2 heterocycles. The molecule has 0 bridgehead atoms. The number of carboxylic acids is 1. The number of pyridine rings is 1. The summed E-state index contributed by atoms with van der Waals surface area (Å²) in [7, 11) is 0.733. The van der Waals surface area contributed by atoms with Gasteiger partial charge in [0.1, 0.15) is 5.82 Å². The number of hydrogen-bond donors (Lipinski definition) is 1. The Labute approximate surface area is 111 Å². The van der Waals surface area contributed by atoms with Crippen molar-refractivity contribution in [1.82, 2.24) is 9.88 Å². The van der Waals surface area contributed by atoms with Gasteiger partial charge in [0.25, 0.3) is 0 Å². The maximum absolute atomic E-state index is 11.0. The zero-order valence-electron chi connectivity index (χ0n) is 10.5. The molecule has 19 heavy (non-hydrogen) atoms. The van der Waals surface area contributed by atoms with Crippen molar-refractivity contribution in [3.05, 3.63) is 17.8 Å².